The Kier molecular flexibility index (Phi) is 5.87. The van der Waals surface area contributed by atoms with Gasteiger partial charge in [0.2, 0.25) is 0 Å². The molecular weight excluding hydrogens is 590 g/mol. The highest BCUT2D eigenvalue weighted by atomic mass is 16.3. The van der Waals surface area contributed by atoms with E-state index in [-0.39, 0.29) is 0 Å². The van der Waals surface area contributed by atoms with Crippen molar-refractivity contribution in [2.45, 2.75) is 6.17 Å². The second-order valence-corrected chi connectivity index (χ2v) is 12.1. The van der Waals surface area contributed by atoms with Gasteiger partial charge in [-0.15, -0.1) is 0 Å². The third-order valence-corrected chi connectivity index (χ3v) is 9.35. The monoisotopic (exact) mass is 617 g/mol. The molecule has 226 valence electrons. The van der Waals surface area contributed by atoms with Gasteiger partial charge in [-0.05, 0) is 40.8 Å². The first-order valence-corrected chi connectivity index (χ1v) is 16.1. The Bertz CT molecular complexity index is 2760. The molecule has 7 aromatic carbocycles. The summed E-state index contributed by atoms with van der Waals surface area (Å²) in [6, 6.07) is 52.0. The van der Waals surface area contributed by atoms with Crippen LogP contribution in [-0.2, 0) is 0 Å². The molecule has 0 saturated heterocycles. The zero-order valence-electron chi connectivity index (χ0n) is 25.7. The van der Waals surface area contributed by atoms with Crippen molar-refractivity contribution in [2.75, 3.05) is 0 Å². The first-order valence-electron chi connectivity index (χ1n) is 16.1. The standard InChI is InChI=1S/C43H27N3O2/c1-3-13-27(14-4-1)41-44-42(28-15-5-2-6-16-28)46-43(45-41)33-20-11-23-36-39(33)38-31(19-10-22-35(38)47-36)30-18-9-21-34-37(30)32-25-24-26-12-7-8-17-29(26)40(32)48-34/h1-25,43H,(H,44,45,46). The topological polar surface area (TPSA) is 63.0 Å². The molecule has 0 aliphatic carbocycles. The molecule has 0 bridgehead atoms. The fourth-order valence-electron chi connectivity index (χ4n) is 7.19. The van der Waals surface area contributed by atoms with E-state index in [1.54, 1.807) is 0 Å². The predicted molar refractivity (Wildman–Crippen MR) is 196 cm³/mol. The molecule has 48 heavy (non-hydrogen) atoms. The Morgan fingerprint density at radius 1 is 0.479 bits per heavy atom. The van der Waals surface area contributed by atoms with Gasteiger partial charge in [-0.1, -0.05) is 127 Å². The molecule has 0 spiro atoms. The van der Waals surface area contributed by atoms with Gasteiger partial charge >= 0.3 is 0 Å². The number of benzene rings is 7. The van der Waals surface area contributed by atoms with E-state index in [9.17, 15) is 0 Å². The molecule has 9 aromatic rings. The number of hydrogen-bond acceptors (Lipinski definition) is 5. The average Bonchev–Trinajstić information content (AvgIpc) is 3.74. The number of aliphatic imine (C=N–C) groups is 2. The lowest BCUT2D eigenvalue weighted by atomic mass is 9.93. The maximum atomic E-state index is 6.58. The Morgan fingerprint density at radius 2 is 1.12 bits per heavy atom. The SMILES string of the molecule is c1ccc(C2=NC(c3cccc4oc5cccc(-c6cccc7oc8c9ccccc9ccc8c67)c5c34)NC(c3ccccc3)=N2)cc1. The third kappa shape index (κ3) is 4.11. The molecule has 0 amide bonds. The Balaban J connectivity index is 1.22. The predicted octanol–water partition coefficient (Wildman–Crippen LogP) is 10.8. The summed E-state index contributed by atoms with van der Waals surface area (Å²) in [5, 5.41) is 10.2. The molecule has 2 aromatic heterocycles. The van der Waals surface area contributed by atoms with Gasteiger partial charge in [0, 0.05) is 43.6 Å². The van der Waals surface area contributed by atoms with Crippen LogP contribution in [0.4, 0.5) is 0 Å². The van der Waals surface area contributed by atoms with Crippen molar-refractivity contribution in [3.63, 3.8) is 0 Å². The number of amidine groups is 2. The fourth-order valence-corrected chi connectivity index (χ4v) is 7.19. The minimum atomic E-state index is -0.401. The molecular formula is C43H27N3O2. The maximum absolute atomic E-state index is 6.58. The highest BCUT2D eigenvalue weighted by Crippen LogP contribution is 2.45. The van der Waals surface area contributed by atoms with Gasteiger partial charge in [0.1, 0.15) is 34.3 Å². The van der Waals surface area contributed by atoms with Gasteiger partial charge in [0.25, 0.3) is 0 Å². The first kappa shape index (κ1) is 26.7. The van der Waals surface area contributed by atoms with E-state index in [0.717, 1.165) is 88.3 Å². The number of nitrogens with zero attached hydrogens (tertiary/aromatic N) is 2. The molecule has 1 N–H and O–H groups in total. The highest BCUT2D eigenvalue weighted by molar-refractivity contribution is 6.23. The molecule has 1 aliphatic heterocycles. The van der Waals surface area contributed by atoms with Gasteiger partial charge in [-0.3, -0.25) is 0 Å². The van der Waals surface area contributed by atoms with Crippen LogP contribution in [0.25, 0.3) is 65.8 Å². The van der Waals surface area contributed by atoms with E-state index in [1.165, 1.54) is 0 Å². The number of furan rings is 2. The quantitative estimate of drug-likeness (QED) is 0.214. The summed E-state index contributed by atoms with van der Waals surface area (Å²) in [7, 11) is 0. The number of fused-ring (bicyclic) bond motifs is 8. The van der Waals surface area contributed by atoms with Crippen LogP contribution in [0.15, 0.2) is 170 Å². The zero-order chi connectivity index (χ0) is 31.6. The summed E-state index contributed by atoms with van der Waals surface area (Å²) >= 11 is 0. The maximum Gasteiger partial charge on any atom is 0.159 e. The van der Waals surface area contributed by atoms with E-state index in [0.29, 0.717) is 5.84 Å². The van der Waals surface area contributed by atoms with Crippen LogP contribution in [-0.4, -0.2) is 11.7 Å². The second kappa shape index (κ2) is 10.5. The van der Waals surface area contributed by atoms with E-state index in [2.05, 4.69) is 102 Å². The molecule has 1 aliphatic rings. The number of hydrogen-bond donors (Lipinski definition) is 1. The molecule has 0 saturated carbocycles. The van der Waals surface area contributed by atoms with Gasteiger partial charge in [0.05, 0.1) is 0 Å². The Morgan fingerprint density at radius 3 is 1.92 bits per heavy atom. The van der Waals surface area contributed by atoms with Crippen molar-refractivity contribution in [3.05, 3.63) is 168 Å². The summed E-state index contributed by atoms with van der Waals surface area (Å²) in [6.07, 6.45) is -0.401. The fraction of sp³-hybridized carbons (Fsp3) is 0.0233. The Labute approximate surface area is 275 Å². The zero-order valence-corrected chi connectivity index (χ0v) is 25.7. The summed E-state index contributed by atoms with van der Waals surface area (Å²) in [6.45, 7) is 0. The van der Waals surface area contributed by atoms with Crippen LogP contribution in [0.5, 0.6) is 0 Å². The highest BCUT2D eigenvalue weighted by Gasteiger charge is 2.26. The lowest BCUT2D eigenvalue weighted by Gasteiger charge is -2.24. The van der Waals surface area contributed by atoms with Crippen molar-refractivity contribution in [3.8, 4) is 11.1 Å². The molecule has 5 nitrogen and oxygen atoms in total. The second-order valence-electron chi connectivity index (χ2n) is 12.1. The molecule has 1 unspecified atom stereocenters. The van der Waals surface area contributed by atoms with Crippen molar-refractivity contribution >= 4 is 66.3 Å². The summed E-state index contributed by atoms with van der Waals surface area (Å²) in [5.74, 6) is 1.46. The largest absolute Gasteiger partial charge is 0.456 e. The van der Waals surface area contributed by atoms with Gasteiger partial charge in [-0.25, -0.2) is 9.98 Å². The van der Waals surface area contributed by atoms with Crippen molar-refractivity contribution in [2.24, 2.45) is 9.98 Å². The smallest absolute Gasteiger partial charge is 0.159 e. The molecule has 3 heterocycles. The van der Waals surface area contributed by atoms with Crippen molar-refractivity contribution in [1.82, 2.24) is 5.32 Å². The van der Waals surface area contributed by atoms with Crippen LogP contribution < -0.4 is 5.32 Å². The summed E-state index contributed by atoms with van der Waals surface area (Å²) in [5.41, 5.74) is 8.57. The number of rotatable bonds is 4. The molecule has 0 radical (unpaired) electrons. The normalized spacial score (nSPS) is 14.9. The van der Waals surface area contributed by atoms with E-state index in [1.807, 2.05) is 54.6 Å². The molecule has 10 rings (SSSR count). The van der Waals surface area contributed by atoms with Crippen molar-refractivity contribution < 1.29 is 8.83 Å². The Hall–Kier alpha value is -6.46. The van der Waals surface area contributed by atoms with Gasteiger partial charge in [-0.2, -0.15) is 0 Å². The first-order chi connectivity index (χ1) is 23.8. The molecule has 1 atom stereocenters. The van der Waals surface area contributed by atoms with Crippen LogP contribution in [0.1, 0.15) is 22.9 Å². The minimum Gasteiger partial charge on any atom is -0.456 e. The van der Waals surface area contributed by atoms with Gasteiger partial charge < -0.3 is 14.2 Å². The average molecular weight is 618 g/mol. The van der Waals surface area contributed by atoms with E-state index < -0.39 is 6.17 Å². The van der Waals surface area contributed by atoms with Gasteiger partial charge in [0.15, 0.2) is 5.84 Å². The van der Waals surface area contributed by atoms with Crippen molar-refractivity contribution in [1.29, 1.82) is 0 Å². The minimum absolute atomic E-state index is 0.401. The van der Waals surface area contributed by atoms with Crippen LogP contribution >= 0.6 is 0 Å². The summed E-state index contributed by atoms with van der Waals surface area (Å²) < 4.78 is 13.1. The number of nitrogens with one attached hydrogen (secondary N) is 1. The van der Waals surface area contributed by atoms with Crippen LogP contribution in [0.3, 0.4) is 0 Å². The van der Waals surface area contributed by atoms with E-state index in [4.69, 9.17) is 18.8 Å². The van der Waals surface area contributed by atoms with Crippen LogP contribution in [0, 0.1) is 0 Å². The lowest BCUT2D eigenvalue weighted by molar-refractivity contribution is 0.662. The van der Waals surface area contributed by atoms with E-state index >= 15 is 0 Å². The summed E-state index contributed by atoms with van der Waals surface area (Å²) in [4.78, 5) is 10.2. The lowest BCUT2D eigenvalue weighted by Crippen LogP contribution is -2.33. The third-order valence-electron chi connectivity index (χ3n) is 9.35. The molecule has 5 heteroatoms. The molecule has 0 fully saturated rings. The van der Waals surface area contributed by atoms with Crippen LogP contribution in [0.2, 0.25) is 0 Å².